The molecule has 0 heterocycles. The molecule has 4 aliphatic rings. The van der Waals surface area contributed by atoms with Crippen LogP contribution in [-0.4, -0.2) is 43.3 Å². The van der Waals surface area contributed by atoms with Crippen LogP contribution < -0.4 is 0 Å². The second-order valence-electron chi connectivity index (χ2n) is 16.0. The first-order chi connectivity index (χ1) is 15.4. The van der Waals surface area contributed by atoms with Crippen LogP contribution in [0, 0.1) is 34.5 Å². The van der Waals surface area contributed by atoms with Gasteiger partial charge in [-0.3, -0.25) is 0 Å². The van der Waals surface area contributed by atoms with Crippen LogP contribution in [0.4, 0.5) is 0 Å². The number of rotatable bonds is 6. The lowest BCUT2D eigenvalue weighted by Crippen LogP contribution is -2.61. The van der Waals surface area contributed by atoms with E-state index in [1.807, 2.05) is 0 Å². The maximum absolute atomic E-state index is 7.14. The predicted octanol–water partition coefficient (Wildman–Crippen LogP) is 8.30. The molecule has 4 aliphatic carbocycles. The van der Waals surface area contributed by atoms with E-state index in [1.165, 1.54) is 51.4 Å². The molecule has 0 spiro atoms. The lowest BCUT2D eigenvalue weighted by molar-refractivity contribution is -0.170. The van der Waals surface area contributed by atoms with Gasteiger partial charge in [0, 0.05) is 12.2 Å². The van der Waals surface area contributed by atoms with Crippen molar-refractivity contribution in [2.45, 2.75) is 142 Å². The highest BCUT2D eigenvalue weighted by atomic mass is 28.4. The molecule has 4 saturated carbocycles. The van der Waals surface area contributed by atoms with Gasteiger partial charge >= 0.3 is 0 Å². The topological polar surface area (TPSA) is 27.7 Å². The van der Waals surface area contributed by atoms with E-state index in [-0.39, 0.29) is 0 Å². The molecule has 9 atom stereocenters. The van der Waals surface area contributed by atoms with Crippen LogP contribution in [0.1, 0.15) is 65.2 Å². The molecule has 0 aromatic rings. The zero-order valence-corrected chi connectivity index (χ0v) is 27.4. The quantitative estimate of drug-likeness (QED) is 0.327. The molecule has 4 rings (SSSR count). The summed E-state index contributed by atoms with van der Waals surface area (Å²) in [7, 11) is -4.68. The number of fused-ring (bicyclic) bond motifs is 5. The molecule has 0 saturated heterocycles. The summed E-state index contributed by atoms with van der Waals surface area (Å²) in [6.07, 6.45) is 11.9. The molecule has 34 heavy (non-hydrogen) atoms. The number of hydrogen-bond acceptors (Lipinski definition) is 3. The van der Waals surface area contributed by atoms with E-state index in [1.54, 1.807) is 0 Å². The van der Waals surface area contributed by atoms with Crippen LogP contribution >= 0.6 is 0 Å². The van der Waals surface area contributed by atoms with Gasteiger partial charge in [0.25, 0.3) is 0 Å². The van der Waals surface area contributed by atoms with Crippen molar-refractivity contribution >= 4 is 25.0 Å². The van der Waals surface area contributed by atoms with E-state index in [0.717, 1.165) is 23.7 Å². The van der Waals surface area contributed by atoms with Gasteiger partial charge in [-0.2, -0.15) is 0 Å². The lowest BCUT2D eigenvalue weighted by Gasteiger charge is -2.63. The summed E-state index contributed by atoms with van der Waals surface area (Å²) in [5, 5.41) is 0. The minimum absolute atomic E-state index is 0.337. The summed E-state index contributed by atoms with van der Waals surface area (Å²) in [6.45, 7) is 26.7. The zero-order valence-electron chi connectivity index (χ0n) is 24.4. The Kier molecular flexibility index (Phi) is 7.36. The Labute approximate surface area is 214 Å². The van der Waals surface area contributed by atoms with Crippen LogP contribution in [0.25, 0.3) is 0 Å². The molecule has 0 aromatic heterocycles. The SMILES string of the molecule is C[C@]12CC[C@@H](O[Si](C)(C)C)C[C@@H]1C[C@H](O[Si](C)(C)C)[C@@H]1[C@@H]2CC[C@]2(C)[C@@H](O[Si](C)(C)C)CC[C@@H]12. The van der Waals surface area contributed by atoms with E-state index < -0.39 is 25.0 Å². The Hall–Kier alpha value is 0.531. The Morgan fingerprint density at radius 3 is 1.74 bits per heavy atom. The molecular weight excluding hydrogens is 469 g/mol. The summed E-state index contributed by atoms with van der Waals surface area (Å²) in [5.41, 5.74) is 0.798. The van der Waals surface area contributed by atoms with Gasteiger partial charge in [-0.1, -0.05) is 13.8 Å². The molecule has 0 aliphatic heterocycles. The minimum atomic E-state index is -1.63. The highest BCUT2D eigenvalue weighted by molar-refractivity contribution is 6.70. The fourth-order valence-electron chi connectivity index (χ4n) is 8.91. The minimum Gasteiger partial charge on any atom is -0.415 e. The Morgan fingerprint density at radius 2 is 1.15 bits per heavy atom. The third-order valence-corrected chi connectivity index (χ3v) is 13.1. The second-order valence-corrected chi connectivity index (χ2v) is 29.3. The van der Waals surface area contributed by atoms with Crippen molar-refractivity contribution in [2.75, 3.05) is 0 Å². The maximum Gasteiger partial charge on any atom is 0.184 e. The van der Waals surface area contributed by atoms with Crippen molar-refractivity contribution in [3.8, 4) is 0 Å². The number of hydrogen-bond donors (Lipinski definition) is 0. The van der Waals surface area contributed by atoms with Crippen molar-refractivity contribution in [1.82, 2.24) is 0 Å². The molecule has 0 unspecified atom stereocenters. The van der Waals surface area contributed by atoms with Crippen molar-refractivity contribution in [3.05, 3.63) is 0 Å². The average Bonchev–Trinajstić information content (AvgIpc) is 2.95. The van der Waals surface area contributed by atoms with E-state index in [2.05, 4.69) is 72.8 Å². The van der Waals surface area contributed by atoms with Gasteiger partial charge in [0.05, 0.1) is 6.10 Å². The fourth-order valence-corrected chi connectivity index (χ4v) is 12.5. The van der Waals surface area contributed by atoms with Crippen LogP contribution in [0.3, 0.4) is 0 Å². The maximum atomic E-state index is 7.14. The van der Waals surface area contributed by atoms with E-state index >= 15 is 0 Å². The van der Waals surface area contributed by atoms with Crippen LogP contribution in [0.5, 0.6) is 0 Å². The molecule has 3 nitrogen and oxygen atoms in total. The molecular formula is C28H56O3Si3. The van der Waals surface area contributed by atoms with Crippen LogP contribution in [0.15, 0.2) is 0 Å². The Bertz CT molecular complexity index is 739. The molecule has 0 amide bonds. The molecule has 4 fully saturated rings. The van der Waals surface area contributed by atoms with Crippen LogP contribution in [-0.2, 0) is 13.3 Å². The Balaban J connectivity index is 1.63. The monoisotopic (exact) mass is 524 g/mol. The third kappa shape index (κ3) is 5.52. The third-order valence-electron chi connectivity index (χ3n) is 10.0. The Morgan fingerprint density at radius 1 is 0.588 bits per heavy atom. The van der Waals surface area contributed by atoms with Gasteiger partial charge in [-0.25, -0.2) is 0 Å². The average molecular weight is 525 g/mol. The molecule has 0 aromatic carbocycles. The highest BCUT2D eigenvalue weighted by Crippen LogP contribution is 2.67. The fraction of sp³-hybridized carbons (Fsp3) is 1.00. The summed E-state index contributed by atoms with van der Waals surface area (Å²) >= 11 is 0. The predicted molar refractivity (Wildman–Crippen MR) is 152 cm³/mol. The second kappa shape index (κ2) is 9.07. The molecule has 198 valence electrons. The van der Waals surface area contributed by atoms with Crippen molar-refractivity contribution in [3.63, 3.8) is 0 Å². The standard InChI is InChI=1S/C28H56O3Si3/c1-27-16-14-21(29-32(3,4)5)18-20(27)19-24(30-33(6,7)8)26-22-12-13-25(31-34(9,10)11)28(22,2)17-15-23(26)27/h20-26H,12-19H2,1-11H3/t20-,21-,22+,23+,24+,25+,26+,27+,28+/m1/s1. The van der Waals surface area contributed by atoms with Gasteiger partial charge < -0.3 is 13.3 Å². The van der Waals surface area contributed by atoms with Gasteiger partial charge in [0.2, 0.25) is 0 Å². The molecule has 6 heteroatoms. The summed E-state index contributed by atoms with van der Waals surface area (Å²) in [5.74, 6) is 3.05. The highest BCUT2D eigenvalue weighted by Gasteiger charge is 2.63. The first-order valence-corrected chi connectivity index (χ1v) is 24.7. The van der Waals surface area contributed by atoms with Crippen LogP contribution in [0.2, 0.25) is 58.9 Å². The first kappa shape index (κ1) is 27.6. The van der Waals surface area contributed by atoms with Crippen molar-refractivity contribution in [1.29, 1.82) is 0 Å². The van der Waals surface area contributed by atoms with Gasteiger partial charge in [0.1, 0.15) is 0 Å². The first-order valence-electron chi connectivity index (χ1n) is 14.4. The van der Waals surface area contributed by atoms with E-state index in [0.29, 0.717) is 29.1 Å². The summed E-state index contributed by atoms with van der Waals surface area (Å²) in [6, 6.07) is 0. The summed E-state index contributed by atoms with van der Waals surface area (Å²) in [4.78, 5) is 0. The van der Waals surface area contributed by atoms with Crippen molar-refractivity contribution in [2.24, 2.45) is 34.5 Å². The van der Waals surface area contributed by atoms with Gasteiger partial charge in [-0.15, -0.1) is 0 Å². The molecule has 0 N–H and O–H groups in total. The van der Waals surface area contributed by atoms with Crippen molar-refractivity contribution < 1.29 is 13.3 Å². The molecule has 0 radical (unpaired) electrons. The zero-order chi connectivity index (χ0) is 25.3. The van der Waals surface area contributed by atoms with Gasteiger partial charge in [-0.05, 0) is 145 Å². The lowest BCUT2D eigenvalue weighted by atomic mass is 9.44. The largest absolute Gasteiger partial charge is 0.415 e. The normalized spacial score (nSPS) is 45.4. The van der Waals surface area contributed by atoms with E-state index in [4.69, 9.17) is 13.3 Å². The summed E-state index contributed by atoms with van der Waals surface area (Å²) < 4.78 is 20.7. The molecule has 0 bridgehead atoms. The van der Waals surface area contributed by atoms with E-state index in [9.17, 15) is 0 Å². The van der Waals surface area contributed by atoms with Gasteiger partial charge in [0.15, 0.2) is 25.0 Å². The smallest absolute Gasteiger partial charge is 0.184 e.